The van der Waals surface area contributed by atoms with Crippen LogP contribution in [-0.4, -0.2) is 17.0 Å². The molecule has 3 rings (SSSR count). The van der Waals surface area contributed by atoms with Crippen LogP contribution in [0.15, 0.2) is 24.3 Å². The molecule has 0 saturated carbocycles. The number of hydrogen-bond acceptors (Lipinski definition) is 3. The summed E-state index contributed by atoms with van der Waals surface area (Å²) in [5, 5.41) is 0. The minimum absolute atomic E-state index is 0.278. The average Bonchev–Trinajstić information content (AvgIpc) is 2.78. The lowest BCUT2D eigenvalue weighted by Crippen LogP contribution is -2.21. The molecule has 1 aliphatic heterocycles. The fourth-order valence-corrected chi connectivity index (χ4v) is 3.20. The van der Waals surface area contributed by atoms with Crippen LogP contribution < -0.4 is 0 Å². The molecule has 0 spiro atoms. The van der Waals surface area contributed by atoms with Crippen LogP contribution in [0.5, 0.6) is 0 Å². The molecule has 1 heterocycles. The van der Waals surface area contributed by atoms with Crippen molar-refractivity contribution >= 4 is 12.2 Å². The zero-order valence-electron chi connectivity index (χ0n) is 8.22. The highest BCUT2D eigenvalue weighted by Gasteiger charge is 2.43. The lowest BCUT2D eigenvalue weighted by atomic mass is 10.1. The molecule has 1 aromatic rings. The van der Waals surface area contributed by atoms with Crippen molar-refractivity contribution in [2.75, 3.05) is 6.54 Å². The first kappa shape index (κ1) is 9.29. The Balaban J connectivity index is 1.97. The molecule has 1 saturated heterocycles. The number of benzene rings is 1. The number of nitrogens with zero attached hydrogens (tertiary/aromatic N) is 1. The molecule has 2 aliphatic rings. The van der Waals surface area contributed by atoms with E-state index < -0.39 is 0 Å². The summed E-state index contributed by atoms with van der Waals surface area (Å²) in [5.41, 5.74) is 2.78. The Kier molecular flexibility index (Phi) is 2.21. The van der Waals surface area contributed by atoms with E-state index in [2.05, 4.69) is 34.5 Å². The van der Waals surface area contributed by atoms with Crippen LogP contribution in [-0.2, 0) is 10.6 Å². The lowest BCUT2D eigenvalue weighted by Gasteiger charge is -2.17. The Morgan fingerprint density at radius 3 is 3.27 bits per heavy atom. The largest absolute Gasteiger partial charge is 0.295 e. The van der Waals surface area contributed by atoms with Gasteiger partial charge in [-0.2, -0.15) is 0 Å². The monoisotopic (exact) mass is 217 g/mol. The molecule has 3 heteroatoms. The maximum Gasteiger partial charge on any atom is 0.0983 e. The van der Waals surface area contributed by atoms with Gasteiger partial charge >= 0.3 is 0 Å². The van der Waals surface area contributed by atoms with Crippen molar-refractivity contribution in [3.63, 3.8) is 0 Å². The first-order chi connectivity index (χ1) is 7.40. The van der Waals surface area contributed by atoms with Crippen LogP contribution in [0.1, 0.15) is 17.2 Å². The predicted molar refractivity (Wildman–Crippen MR) is 60.9 cm³/mol. The molecule has 2 nitrogen and oxygen atoms in total. The normalized spacial score (nSPS) is 28.5. The number of fused-ring (bicyclic) bond motifs is 3. The van der Waals surface area contributed by atoms with Gasteiger partial charge in [-0.05, 0) is 11.1 Å². The van der Waals surface area contributed by atoms with Gasteiger partial charge in [0.25, 0.3) is 0 Å². The smallest absolute Gasteiger partial charge is 0.0983 e. The molecule has 2 atom stereocenters. The third-order valence-electron chi connectivity index (χ3n) is 2.97. The van der Waals surface area contributed by atoms with Gasteiger partial charge in [-0.3, -0.25) is 4.18 Å². The zero-order valence-corrected chi connectivity index (χ0v) is 9.04. The zero-order chi connectivity index (χ0) is 10.3. The van der Waals surface area contributed by atoms with Crippen LogP contribution in [0, 0.1) is 12.3 Å². The van der Waals surface area contributed by atoms with E-state index in [9.17, 15) is 0 Å². The molecule has 0 radical (unpaired) electrons. The van der Waals surface area contributed by atoms with E-state index in [4.69, 9.17) is 10.6 Å². The van der Waals surface area contributed by atoms with Crippen LogP contribution in [0.3, 0.4) is 0 Å². The van der Waals surface area contributed by atoms with Crippen LogP contribution in [0.2, 0.25) is 0 Å². The summed E-state index contributed by atoms with van der Waals surface area (Å²) in [6, 6.07) is 8.87. The van der Waals surface area contributed by atoms with Gasteiger partial charge < -0.3 is 0 Å². The Morgan fingerprint density at radius 1 is 1.53 bits per heavy atom. The molecule has 0 amide bonds. The second kappa shape index (κ2) is 3.57. The third-order valence-corrected chi connectivity index (χ3v) is 3.85. The van der Waals surface area contributed by atoms with Gasteiger partial charge in [0.15, 0.2) is 0 Å². The van der Waals surface area contributed by atoms with Gasteiger partial charge in [-0.25, -0.2) is 4.31 Å². The average molecular weight is 217 g/mol. The molecule has 0 bridgehead atoms. The Morgan fingerprint density at radius 2 is 2.40 bits per heavy atom. The van der Waals surface area contributed by atoms with Crippen molar-refractivity contribution in [3.05, 3.63) is 35.4 Å². The summed E-state index contributed by atoms with van der Waals surface area (Å²) in [7, 11) is 0. The van der Waals surface area contributed by atoms with Crippen molar-refractivity contribution in [3.8, 4) is 12.3 Å². The van der Waals surface area contributed by atoms with E-state index in [1.165, 1.54) is 23.4 Å². The van der Waals surface area contributed by atoms with E-state index in [1.807, 2.05) is 0 Å². The quantitative estimate of drug-likeness (QED) is 0.406. The predicted octanol–water partition coefficient (Wildman–Crippen LogP) is 2.18. The molecule has 1 aliphatic carbocycles. The number of terminal acetylenes is 1. The number of hydrogen-bond donors (Lipinski definition) is 0. The van der Waals surface area contributed by atoms with Gasteiger partial charge in [0, 0.05) is 6.42 Å². The standard InChI is InChI=1S/C12H11NOS/c1-2-7-13-12-10-6-4-3-5-9(10)8-11(12)14-15-13/h1,3-6,11-12H,7-8H2/t11-,12+/m1/s1. The maximum atomic E-state index is 5.67. The summed E-state index contributed by atoms with van der Waals surface area (Å²) in [6.07, 6.45) is 6.64. The highest BCUT2D eigenvalue weighted by atomic mass is 32.2. The summed E-state index contributed by atoms with van der Waals surface area (Å²) in [6.45, 7) is 0.639. The second-order valence-electron chi connectivity index (χ2n) is 3.84. The Bertz CT molecular complexity index is 426. The molecule has 15 heavy (non-hydrogen) atoms. The molecular weight excluding hydrogens is 206 g/mol. The van der Waals surface area contributed by atoms with Gasteiger partial charge in [-0.15, -0.1) is 6.42 Å². The fraction of sp³-hybridized carbons (Fsp3) is 0.333. The highest BCUT2D eigenvalue weighted by molar-refractivity contribution is 7.92. The Hall–Kier alpha value is -0.950. The molecule has 0 aromatic heterocycles. The summed E-state index contributed by atoms with van der Waals surface area (Å²) in [4.78, 5) is 0. The molecule has 0 unspecified atom stereocenters. The molecular formula is C12H11NOS. The SMILES string of the molecule is C#CCN1SO[C@@H]2Cc3ccccc3[C@@H]21. The van der Waals surface area contributed by atoms with E-state index in [1.54, 1.807) is 0 Å². The minimum atomic E-state index is 0.278. The first-order valence-corrected chi connectivity index (χ1v) is 5.71. The van der Waals surface area contributed by atoms with Crippen molar-refractivity contribution in [2.45, 2.75) is 18.6 Å². The summed E-state index contributed by atoms with van der Waals surface area (Å²) in [5.74, 6) is 2.68. The van der Waals surface area contributed by atoms with E-state index >= 15 is 0 Å². The van der Waals surface area contributed by atoms with Crippen molar-refractivity contribution in [2.24, 2.45) is 0 Å². The highest BCUT2D eigenvalue weighted by Crippen LogP contribution is 2.47. The molecule has 0 N–H and O–H groups in total. The summed E-state index contributed by atoms with van der Waals surface area (Å²) < 4.78 is 7.82. The third kappa shape index (κ3) is 1.37. The summed E-state index contributed by atoms with van der Waals surface area (Å²) >= 11 is 1.41. The first-order valence-electron chi connectivity index (χ1n) is 5.01. The molecule has 1 aromatic carbocycles. The molecule has 76 valence electrons. The van der Waals surface area contributed by atoms with E-state index in [0.29, 0.717) is 12.6 Å². The fourth-order valence-electron chi connectivity index (χ4n) is 2.34. The van der Waals surface area contributed by atoms with Gasteiger partial charge in [0.1, 0.15) is 0 Å². The lowest BCUT2D eigenvalue weighted by molar-refractivity contribution is 0.223. The van der Waals surface area contributed by atoms with Gasteiger partial charge in [-0.1, -0.05) is 30.2 Å². The minimum Gasteiger partial charge on any atom is -0.295 e. The van der Waals surface area contributed by atoms with Crippen molar-refractivity contribution < 1.29 is 4.18 Å². The topological polar surface area (TPSA) is 12.5 Å². The maximum absolute atomic E-state index is 5.67. The van der Waals surface area contributed by atoms with Crippen LogP contribution >= 0.6 is 12.2 Å². The van der Waals surface area contributed by atoms with E-state index in [0.717, 1.165) is 6.42 Å². The van der Waals surface area contributed by atoms with Gasteiger partial charge in [0.2, 0.25) is 0 Å². The van der Waals surface area contributed by atoms with Crippen molar-refractivity contribution in [1.82, 2.24) is 4.31 Å². The number of rotatable bonds is 1. The van der Waals surface area contributed by atoms with E-state index in [-0.39, 0.29) is 6.10 Å². The van der Waals surface area contributed by atoms with Crippen LogP contribution in [0.25, 0.3) is 0 Å². The van der Waals surface area contributed by atoms with Gasteiger partial charge in [0.05, 0.1) is 30.9 Å². The molecule has 1 fully saturated rings. The second-order valence-corrected chi connectivity index (χ2v) is 4.65. The van der Waals surface area contributed by atoms with Crippen molar-refractivity contribution in [1.29, 1.82) is 0 Å². The Labute approximate surface area is 93.9 Å². The van der Waals surface area contributed by atoms with Crippen LogP contribution in [0.4, 0.5) is 0 Å².